The van der Waals surface area contributed by atoms with Crippen molar-refractivity contribution in [1.82, 2.24) is 19.7 Å². The molecule has 1 aliphatic rings. The molecule has 1 aliphatic heterocycles. The molecule has 0 atom stereocenters. The maximum atomic E-state index is 12.5. The molecule has 2 heterocycles. The molecular formula is C18H24N4O4S. The van der Waals surface area contributed by atoms with Crippen LogP contribution in [-0.2, 0) is 16.6 Å². The molecule has 1 aromatic carbocycles. The lowest BCUT2D eigenvalue weighted by Crippen LogP contribution is -2.44. The fourth-order valence-corrected chi connectivity index (χ4v) is 3.98. The maximum Gasteiger partial charge on any atom is 0.331 e. The Morgan fingerprint density at radius 3 is 2.56 bits per heavy atom. The standard InChI is InChI=1S/C18H24N4O4S/c1-14-4-6-17(7-5-14)27(24,25)20-18(23)22-9-3-8-21(10-11-22)13-16-12-15(2)26-19-16/h4-7,12H,3,8-11,13H2,1-2H3,(H,20,23). The molecule has 2 aromatic rings. The quantitative estimate of drug-likeness (QED) is 0.854. The summed E-state index contributed by atoms with van der Waals surface area (Å²) in [6.45, 7) is 6.77. The largest absolute Gasteiger partial charge is 0.361 e. The zero-order chi connectivity index (χ0) is 19.4. The van der Waals surface area contributed by atoms with Crippen LogP contribution >= 0.6 is 0 Å². The van der Waals surface area contributed by atoms with E-state index in [9.17, 15) is 13.2 Å². The lowest BCUT2D eigenvalue weighted by atomic mass is 10.2. The van der Waals surface area contributed by atoms with E-state index in [2.05, 4.69) is 14.8 Å². The van der Waals surface area contributed by atoms with Crippen LogP contribution in [-0.4, -0.2) is 55.6 Å². The second-order valence-electron chi connectivity index (χ2n) is 6.77. The van der Waals surface area contributed by atoms with Crippen LogP contribution in [0, 0.1) is 13.8 Å². The smallest absolute Gasteiger partial charge is 0.331 e. The van der Waals surface area contributed by atoms with E-state index in [0.29, 0.717) is 26.2 Å². The van der Waals surface area contributed by atoms with Crippen molar-refractivity contribution in [3.63, 3.8) is 0 Å². The average Bonchev–Trinajstić information content (AvgIpc) is 2.88. The summed E-state index contributed by atoms with van der Waals surface area (Å²) in [6.07, 6.45) is 0.759. The first kappa shape index (κ1) is 19.4. The van der Waals surface area contributed by atoms with Gasteiger partial charge in [-0.05, 0) is 32.4 Å². The third kappa shape index (κ3) is 5.08. The highest BCUT2D eigenvalue weighted by Crippen LogP contribution is 2.12. The number of sulfonamides is 1. The third-order valence-corrected chi connectivity index (χ3v) is 5.83. The van der Waals surface area contributed by atoms with Crippen LogP contribution in [0.25, 0.3) is 0 Å². The van der Waals surface area contributed by atoms with Crippen molar-refractivity contribution in [3.05, 3.63) is 47.3 Å². The summed E-state index contributed by atoms with van der Waals surface area (Å²) in [7, 11) is -3.87. The number of urea groups is 1. The lowest BCUT2D eigenvalue weighted by Gasteiger charge is -2.21. The number of carbonyl (C=O) groups excluding carboxylic acids is 1. The van der Waals surface area contributed by atoms with Gasteiger partial charge < -0.3 is 9.42 Å². The Morgan fingerprint density at radius 2 is 1.89 bits per heavy atom. The maximum absolute atomic E-state index is 12.5. The SMILES string of the molecule is Cc1ccc(S(=O)(=O)NC(=O)N2CCCN(Cc3cc(C)on3)CC2)cc1. The van der Waals surface area contributed by atoms with Gasteiger partial charge in [-0.2, -0.15) is 0 Å². The highest BCUT2D eigenvalue weighted by molar-refractivity contribution is 7.90. The molecule has 0 saturated carbocycles. The third-order valence-electron chi connectivity index (χ3n) is 4.49. The van der Waals surface area contributed by atoms with Crippen LogP contribution in [0.5, 0.6) is 0 Å². The van der Waals surface area contributed by atoms with Gasteiger partial charge in [0, 0.05) is 38.8 Å². The normalized spacial score (nSPS) is 16.1. The van der Waals surface area contributed by atoms with Gasteiger partial charge >= 0.3 is 6.03 Å². The molecule has 0 unspecified atom stereocenters. The summed E-state index contributed by atoms with van der Waals surface area (Å²) in [5, 5.41) is 3.99. The predicted octanol–water partition coefficient (Wildman–Crippen LogP) is 1.90. The zero-order valence-electron chi connectivity index (χ0n) is 15.5. The predicted molar refractivity (Wildman–Crippen MR) is 99.6 cm³/mol. The number of aromatic nitrogens is 1. The number of benzene rings is 1. The van der Waals surface area contributed by atoms with Crippen LogP contribution in [0.2, 0.25) is 0 Å². The van der Waals surface area contributed by atoms with Crippen molar-refractivity contribution in [2.75, 3.05) is 26.2 Å². The Bertz CT molecular complexity index is 892. The molecule has 0 aliphatic carbocycles. The fourth-order valence-electron chi connectivity index (χ4n) is 3.01. The van der Waals surface area contributed by atoms with Crippen molar-refractivity contribution in [1.29, 1.82) is 0 Å². The molecule has 1 aromatic heterocycles. The number of carbonyl (C=O) groups is 1. The van der Waals surface area contributed by atoms with E-state index in [-0.39, 0.29) is 4.90 Å². The second kappa shape index (κ2) is 8.10. The minimum Gasteiger partial charge on any atom is -0.361 e. The van der Waals surface area contributed by atoms with Crippen molar-refractivity contribution < 1.29 is 17.7 Å². The van der Waals surface area contributed by atoms with Crippen LogP contribution < -0.4 is 4.72 Å². The number of nitrogens with one attached hydrogen (secondary N) is 1. The molecule has 0 spiro atoms. The van der Waals surface area contributed by atoms with Crippen molar-refractivity contribution in [2.45, 2.75) is 31.7 Å². The van der Waals surface area contributed by atoms with Crippen LogP contribution in [0.15, 0.2) is 39.8 Å². The van der Waals surface area contributed by atoms with E-state index >= 15 is 0 Å². The molecular weight excluding hydrogens is 368 g/mol. The Balaban J connectivity index is 1.58. The van der Waals surface area contributed by atoms with Crippen LogP contribution in [0.4, 0.5) is 4.79 Å². The highest BCUT2D eigenvalue weighted by atomic mass is 32.2. The van der Waals surface area contributed by atoms with E-state index in [4.69, 9.17) is 4.52 Å². The summed E-state index contributed by atoms with van der Waals surface area (Å²) >= 11 is 0. The number of hydrogen-bond donors (Lipinski definition) is 1. The van der Waals surface area contributed by atoms with Gasteiger partial charge in [0.25, 0.3) is 10.0 Å². The van der Waals surface area contributed by atoms with Crippen molar-refractivity contribution in [3.8, 4) is 0 Å². The molecule has 1 fully saturated rings. The van der Waals surface area contributed by atoms with E-state index in [1.165, 1.54) is 12.1 Å². The molecule has 1 saturated heterocycles. The lowest BCUT2D eigenvalue weighted by molar-refractivity contribution is 0.203. The molecule has 27 heavy (non-hydrogen) atoms. The number of nitrogens with zero attached hydrogens (tertiary/aromatic N) is 3. The average molecular weight is 392 g/mol. The Morgan fingerprint density at radius 1 is 1.15 bits per heavy atom. The summed E-state index contributed by atoms with van der Waals surface area (Å²) in [5.74, 6) is 0.766. The molecule has 2 amide bonds. The molecule has 8 nitrogen and oxygen atoms in total. The summed E-state index contributed by atoms with van der Waals surface area (Å²) in [4.78, 5) is 16.3. The highest BCUT2D eigenvalue weighted by Gasteiger charge is 2.24. The minimum absolute atomic E-state index is 0.0827. The van der Waals surface area contributed by atoms with Gasteiger partial charge in [-0.1, -0.05) is 22.9 Å². The van der Waals surface area contributed by atoms with E-state index in [0.717, 1.165) is 30.0 Å². The second-order valence-corrected chi connectivity index (χ2v) is 8.45. The molecule has 3 rings (SSSR count). The number of amides is 2. The number of hydrogen-bond acceptors (Lipinski definition) is 6. The summed E-state index contributed by atoms with van der Waals surface area (Å²) in [6, 6.07) is 7.70. The minimum atomic E-state index is -3.87. The topological polar surface area (TPSA) is 95.8 Å². The van der Waals surface area contributed by atoms with Crippen molar-refractivity contribution >= 4 is 16.1 Å². The summed E-state index contributed by atoms with van der Waals surface area (Å²) in [5.41, 5.74) is 1.81. The first-order valence-corrected chi connectivity index (χ1v) is 10.3. The van der Waals surface area contributed by atoms with Crippen LogP contribution in [0.1, 0.15) is 23.4 Å². The molecule has 0 bridgehead atoms. The number of rotatable bonds is 4. The van der Waals surface area contributed by atoms with Gasteiger partial charge in [-0.15, -0.1) is 0 Å². The molecule has 1 N–H and O–H groups in total. The van der Waals surface area contributed by atoms with E-state index in [1.54, 1.807) is 17.0 Å². The summed E-state index contributed by atoms with van der Waals surface area (Å²) < 4.78 is 32.1. The van der Waals surface area contributed by atoms with Gasteiger partial charge in [-0.3, -0.25) is 4.90 Å². The first-order valence-electron chi connectivity index (χ1n) is 8.86. The van der Waals surface area contributed by atoms with E-state index < -0.39 is 16.1 Å². The fraction of sp³-hybridized carbons (Fsp3) is 0.444. The monoisotopic (exact) mass is 392 g/mol. The Hall–Kier alpha value is -2.39. The van der Waals surface area contributed by atoms with Gasteiger partial charge in [0.2, 0.25) is 0 Å². The van der Waals surface area contributed by atoms with Gasteiger partial charge in [0.15, 0.2) is 0 Å². The zero-order valence-corrected chi connectivity index (χ0v) is 16.3. The molecule has 9 heteroatoms. The Kier molecular flexibility index (Phi) is 5.81. The number of aryl methyl sites for hydroxylation is 2. The van der Waals surface area contributed by atoms with E-state index in [1.807, 2.05) is 19.9 Å². The Labute approximate surface area is 159 Å². The van der Waals surface area contributed by atoms with Gasteiger partial charge in [0.1, 0.15) is 5.76 Å². The van der Waals surface area contributed by atoms with Gasteiger partial charge in [-0.25, -0.2) is 17.9 Å². The molecule has 146 valence electrons. The van der Waals surface area contributed by atoms with Crippen LogP contribution in [0.3, 0.4) is 0 Å². The van der Waals surface area contributed by atoms with Gasteiger partial charge in [0.05, 0.1) is 10.6 Å². The molecule has 0 radical (unpaired) electrons. The first-order chi connectivity index (χ1) is 12.8. The van der Waals surface area contributed by atoms with Crippen molar-refractivity contribution in [2.24, 2.45) is 0 Å².